The lowest BCUT2D eigenvalue weighted by atomic mass is 10.1. The zero-order valence-corrected chi connectivity index (χ0v) is 17.6. The summed E-state index contributed by atoms with van der Waals surface area (Å²) in [7, 11) is 3.59. The minimum atomic E-state index is -0.251. The number of hydrogen-bond acceptors (Lipinski definition) is 5. The molecule has 1 N–H and O–H groups in total. The van der Waals surface area contributed by atoms with Crippen LogP contribution in [0.25, 0.3) is 11.0 Å². The molecule has 4 rings (SSSR count). The third-order valence-electron chi connectivity index (χ3n) is 6.03. The van der Waals surface area contributed by atoms with Gasteiger partial charge in [-0.1, -0.05) is 18.2 Å². The normalized spacial score (nSPS) is 18.2. The minimum absolute atomic E-state index is 0.117. The molecule has 0 radical (unpaired) electrons. The van der Waals surface area contributed by atoms with Gasteiger partial charge in [-0.05, 0) is 24.6 Å². The number of aliphatic hydroxyl groups excluding tert-OH is 1. The van der Waals surface area contributed by atoms with Gasteiger partial charge in [-0.2, -0.15) is 0 Å². The molecule has 1 fully saturated rings. The Labute approximate surface area is 176 Å². The van der Waals surface area contributed by atoms with Crippen molar-refractivity contribution in [3.05, 3.63) is 59.7 Å². The Morgan fingerprint density at radius 2 is 2.00 bits per heavy atom. The highest BCUT2D eigenvalue weighted by atomic mass is 19.1. The van der Waals surface area contributed by atoms with Crippen LogP contribution < -0.4 is 4.74 Å². The van der Waals surface area contributed by atoms with Gasteiger partial charge in [-0.3, -0.25) is 9.80 Å². The predicted octanol–water partition coefficient (Wildman–Crippen LogP) is 2.79. The van der Waals surface area contributed by atoms with Crippen molar-refractivity contribution in [3.8, 4) is 5.75 Å². The number of ether oxygens (including phenoxy) is 1. The van der Waals surface area contributed by atoms with E-state index in [2.05, 4.69) is 27.5 Å². The Kier molecular flexibility index (Phi) is 6.32. The number of rotatable bonds is 7. The molecule has 1 saturated heterocycles. The molecule has 0 unspecified atom stereocenters. The highest BCUT2D eigenvalue weighted by molar-refractivity contribution is 5.75. The lowest BCUT2D eigenvalue weighted by Gasteiger charge is -2.41. The van der Waals surface area contributed by atoms with Crippen molar-refractivity contribution in [2.45, 2.75) is 25.6 Å². The van der Waals surface area contributed by atoms with Crippen molar-refractivity contribution in [1.82, 2.24) is 19.4 Å². The van der Waals surface area contributed by atoms with E-state index in [0.717, 1.165) is 43.0 Å². The summed E-state index contributed by atoms with van der Waals surface area (Å²) in [4.78, 5) is 9.44. The Bertz CT molecular complexity index is 1010. The van der Waals surface area contributed by atoms with E-state index in [1.165, 1.54) is 13.2 Å². The van der Waals surface area contributed by atoms with Gasteiger partial charge in [-0.15, -0.1) is 0 Å². The first kappa shape index (κ1) is 20.8. The molecule has 1 aromatic heterocycles. The number of para-hydroxylation sites is 2. The number of aryl methyl sites for hydroxylation is 1. The molecule has 0 aliphatic carbocycles. The van der Waals surface area contributed by atoms with Crippen LogP contribution in [0.2, 0.25) is 0 Å². The molecule has 0 spiro atoms. The number of aromatic nitrogens is 2. The molecule has 0 amide bonds. The van der Waals surface area contributed by atoms with Gasteiger partial charge in [0.05, 0.1) is 24.7 Å². The molecule has 1 aliphatic rings. The molecule has 7 heteroatoms. The van der Waals surface area contributed by atoms with Crippen molar-refractivity contribution in [2.75, 3.05) is 33.4 Å². The number of aliphatic hydroxyl groups is 1. The molecule has 1 atom stereocenters. The fourth-order valence-electron chi connectivity index (χ4n) is 4.27. The second-order valence-electron chi connectivity index (χ2n) is 7.90. The molecule has 6 nitrogen and oxygen atoms in total. The van der Waals surface area contributed by atoms with E-state index in [1.54, 1.807) is 12.1 Å². The zero-order chi connectivity index (χ0) is 21.1. The van der Waals surface area contributed by atoms with Crippen LogP contribution >= 0.6 is 0 Å². The molecule has 0 saturated carbocycles. The number of benzene rings is 2. The average molecular weight is 413 g/mol. The number of halogens is 1. The van der Waals surface area contributed by atoms with Crippen LogP contribution in [-0.2, 0) is 20.1 Å². The quantitative estimate of drug-likeness (QED) is 0.647. The summed E-state index contributed by atoms with van der Waals surface area (Å²) in [5, 5.41) is 9.59. The van der Waals surface area contributed by atoms with Crippen LogP contribution in [0.1, 0.15) is 17.8 Å². The summed E-state index contributed by atoms with van der Waals surface area (Å²) in [5.41, 5.74) is 2.80. The van der Waals surface area contributed by atoms with Crippen LogP contribution in [-0.4, -0.2) is 63.9 Å². The van der Waals surface area contributed by atoms with E-state index in [0.29, 0.717) is 24.3 Å². The van der Waals surface area contributed by atoms with Crippen LogP contribution in [0.3, 0.4) is 0 Å². The highest BCUT2D eigenvalue weighted by Gasteiger charge is 2.28. The van der Waals surface area contributed by atoms with Gasteiger partial charge in [0.15, 0.2) is 0 Å². The molecule has 3 aromatic rings. The Morgan fingerprint density at radius 3 is 2.73 bits per heavy atom. The average Bonchev–Trinajstić information content (AvgIpc) is 3.07. The van der Waals surface area contributed by atoms with Crippen LogP contribution in [0, 0.1) is 5.82 Å². The van der Waals surface area contributed by atoms with Gasteiger partial charge in [0.1, 0.15) is 17.4 Å². The van der Waals surface area contributed by atoms with E-state index in [4.69, 9.17) is 9.72 Å². The maximum atomic E-state index is 14.4. The van der Waals surface area contributed by atoms with Gasteiger partial charge in [-0.25, -0.2) is 9.37 Å². The summed E-state index contributed by atoms with van der Waals surface area (Å²) in [6.45, 7) is 3.93. The van der Waals surface area contributed by atoms with Crippen molar-refractivity contribution in [3.63, 3.8) is 0 Å². The summed E-state index contributed by atoms with van der Waals surface area (Å²) in [6, 6.07) is 13.3. The minimum Gasteiger partial charge on any atom is -0.497 e. The molecular weight excluding hydrogens is 383 g/mol. The van der Waals surface area contributed by atoms with Gasteiger partial charge < -0.3 is 14.4 Å². The van der Waals surface area contributed by atoms with E-state index in [9.17, 15) is 9.50 Å². The second-order valence-corrected chi connectivity index (χ2v) is 7.90. The number of fused-ring (bicyclic) bond motifs is 1. The topological polar surface area (TPSA) is 53.8 Å². The van der Waals surface area contributed by atoms with Crippen molar-refractivity contribution >= 4 is 11.0 Å². The fourth-order valence-corrected chi connectivity index (χ4v) is 4.27. The molecule has 2 aromatic carbocycles. The summed E-state index contributed by atoms with van der Waals surface area (Å²) in [6.07, 6.45) is 0.664. The summed E-state index contributed by atoms with van der Waals surface area (Å²) >= 11 is 0. The number of methoxy groups -OCH3 is 1. The SMILES string of the molecule is COc1ccc(CN2CCN(Cc3nc4ccccc4n3C)C[C@@H]2CCO)c(F)c1. The number of hydrogen-bond donors (Lipinski definition) is 1. The summed E-state index contributed by atoms with van der Waals surface area (Å²) in [5.74, 6) is 1.31. The number of nitrogens with zero attached hydrogens (tertiary/aromatic N) is 4. The molecule has 1 aliphatic heterocycles. The second kappa shape index (κ2) is 9.12. The van der Waals surface area contributed by atoms with Crippen LogP contribution in [0.4, 0.5) is 4.39 Å². The standard InChI is InChI=1S/C23H29FN4O2/c1-26-22-6-4-3-5-21(22)25-23(26)16-27-10-11-28(18(15-27)9-12-29)14-17-7-8-19(30-2)13-20(17)24/h3-8,13,18,29H,9-12,14-16H2,1-2H3/t18-/m0/s1. The fraction of sp³-hybridized carbons (Fsp3) is 0.435. The van der Waals surface area contributed by atoms with E-state index in [1.807, 2.05) is 18.2 Å². The van der Waals surface area contributed by atoms with Gasteiger partial charge >= 0.3 is 0 Å². The number of imidazole rings is 1. The van der Waals surface area contributed by atoms with E-state index < -0.39 is 0 Å². The van der Waals surface area contributed by atoms with E-state index in [-0.39, 0.29) is 18.5 Å². The predicted molar refractivity (Wildman–Crippen MR) is 115 cm³/mol. The third-order valence-corrected chi connectivity index (χ3v) is 6.03. The van der Waals surface area contributed by atoms with E-state index >= 15 is 0 Å². The Balaban J connectivity index is 1.45. The van der Waals surface area contributed by atoms with Crippen molar-refractivity contribution in [1.29, 1.82) is 0 Å². The third kappa shape index (κ3) is 4.33. The summed E-state index contributed by atoms with van der Waals surface area (Å²) < 4.78 is 21.7. The monoisotopic (exact) mass is 412 g/mol. The van der Waals surface area contributed by atoms with Crippen LogP contribution in [0.15, 0.2) is 42.5 Å². The lowest BCUT2D eigenvalue weighted by Crippen LogP contribution is -2.52. The smallest absolute Gasteiger partial charge is 0.131 e. The molecular formula is C23H29FN4O2. The highest BCUT2D eigenvalue weighted by Crippen LogP contribution is 2.23. The first-order valence-corrected chi connectivity index (χ1v) is 10.4. The van der Waals surface area contributed by atoms with Crippen molar-refractivity contribution < 1.29 is 14.2 Å². The molecule has 30 heavy (non-hydrogen) atoms. The molecule has 0 bridgehead atoms. The Morgan fingerprint density at radius 1 is 1.17 bits per heavy atom. The first-order valence-electron chi connectivity index (χ1n) is 10.4. The lowest BCUT2D eigenvalue weighted by molar-refractivity contribution is 0.0478. The van der Waals surface area contributed by atoms with Gasteiger partial charge in [0.2, 0.25) is 0 Å². The maximum Gasteiger partial charge on any atom is 0.131 e. The van der Waals surface area contributed by atoms with Gasteiger partial charge in [0, 0.05) is 57.5 Å². The van der Waals surface area contributed by atoms with Gasteiger partial charge in [0.25, 0.3) is 0 Å². The first-order chi connectivity index (χ1) is 14.6. The zero-order valence-electron chi connectivity index (χ0n) is 17.6. The molecule has 160 valence electrons. The maximum absolute atomic E-state index is 14.4. The molecule has 2 heterocycles. The number of piperazine rings is 1. The largest absolute Gasteiger partial charge is 0.497 e. The van der Waals surface area contributed by atoms with Crippen molar-refractivity contribution in [2.24, 2.45) is 7.05 Å². The Hall–Kier alpha value is -2.48. The van der Waals surface area contributed by atoms with Crippen LogP contribution in [0.5, 0.6) is 5.75 Å².